The molecule has 0 spiro atoms. The lowest BCUT2D eigenvalue weighted by atomic mass is 10.0. The monoisotopic (exact) mass is 397 g/mol. The van der Waals surface area contributed by atoms with E-state index in [-0.39, 0.29) is 17.8 Å². The Balaban J connectivity index is 1.60. The molecule has 2 heterocycles. The third kappa shape index (κ3) is 4.60. The van der Waals surface area contributed by atoms with Crippen LogP contribution in [0.15, 0.2) is 24.3 Å². The minimum absolute atomic E-state index is 0.0748. The van der Waals surface area contributed by atoms with Gasteiger partial charge < -0.3 is 10.2 Å². The van der Waals surface area contributed by atoms with Crippen LogP contribution >= 0.6 is 0 Å². The molecule has 2 fully saturated rings. The van der Waals surface area contributed by atoms with Crippen LogP contribution < -0.4 is 5.32 Å². The van der Waals surface area contributed by atoms with Crippen molar-refractivity contribution < 1.29 is 17.6 Å². The average Bonchev–Trinajstić information content (AvgIpc) is 2.75. The maximum atomic E-state index is 13.0. The van der Waals surface area contributed by atoms with Crippen LogP contribution in [0.5, 0.6) is 0 Å². The van der Waals surface area contributed by atoms with Crippen LogP contribution in [0.2, 0.25) is 0 Å². The van der Waals surface area contributed by atoms with Crippen LogP contribution in [0.4, 0.5) is 14.9 Å². The standard InChI is InChI=1S/C19H28FN3O3S/c1-14(2)7-12-23-13-15-8-10-22(11-9-18(15)27(23,25)26)19(24)21-17-5-3-16(20)4-6-17/h3-6,14-15,18H,7-13H2,1-2H3,(H,21,24)/t15-,18-/m1/s1. The average molecular weight is 398 g/mol. The first-order valence-electron chi connectivity index (χ1n) is 9.58. The van der Waals surface area contributed by atoms with Gasteiger partial charge in [-0.25, -0.2) is 21.9 Å². The number of halogens is 1. The Kier molecular flexibility index (Phi) is 6.05. The normalized spacial score (nSPS) is 25.3. The van der Waals surface area contributed by atoms with Crippen molar-refractivity contribution in [1.82, 2.24) is 9.21 Å². The van der Waals surface area contributed by atoms with E-state index in [1.54, 1.807) is 9.21 Å². The molecule has 1 aromatic rings. The van der Waals surface area contributed by atoms with E-state index in [9.17, 15) is 17.6 Å². The molecule has 2 atom stereocenters. The van der Waals surface area contributed by atoms with E-state index in [0.717, 1.165) is 6.42 Å². The van der Waals surface area contributed by atoms with Gasteiger partial charge in [0, 0.05) is 31.9 Å². The summed E-state index contributed by atoms with van der Waals surface area (Å²) in [5.41, 5.74) is 0.526. The molecular weight excluding hydrogens is 369 g/mol. The molecule has 0 aromatic heterocycles. The zero-order valence-corrected chi connectivity index (χ0v) is 16.7. The van der Waals surface area contributed by atoms with Crippen molar-refractivity contribution in [1.29, 1.82) is 0 Å². The number of nitrogens with zero attached hydrogens (tertiary/aromatic N) is 2. The summed E-state index contributed by atoms with van der Waals surface area (Å²) in [5.74, 6) is 0.185. The number of anilines is 1. The summed E-state index contributed by atoms with van der Waals surface area (Å²) in [5, 5.41) is 2.36. The second kappa shape index (κ2) is 8.14. The Labute approximate surface area is 160 Å². The molecule has 0 aliphatic carbocycles. The number of amides is 2. The van der Waals surface area contributed by atoms with E-state index in [1.807, 2.05) is 0 Å². The van der Waals surface area contributed by atoms with Crippen LogP contribution in [-0.2, 0) is 10.0 Å². The summed E-state index contributed by atoms with van der Waals surface area (Å²) in [6, 6.07) is 5.34. The second-order valence-corrected chi connectivity index (χ2v) is 10.0. The highest BCUT2D eigenvalue weighted by Crippen LogP contribution is 2.34. The van der Waals surface area contributed by atoms with Crippen molar-refractivity contribution in [2.45, 2.75) is 38.4 Å². The van der Waals surface area contributed by atoms with E-state index in [1.165, 1.54) is 24.3 Å². The van der Waals surface area contributed by atoms with Gasteiger partial charge in [-0.2, -0.15) is 0 Å². The molecule has 0 bridgehead atoms. The molecular formula is C19H28FN3O3S. The Hall–Kier alpha value is -1.67. The molecule has 0 saturated carbocycles. The largest absolute Gasteiger partial charge is 0.324 e. The van der Waals surface area contributed by atoms with Gasteiger partial charge in [0.2, 0.25) is 10.0 Å². The number of rotatable bonds is 4. The predicted molar refractivity (Wildman–Crippen MR) is 103 cm³/mol. The zero-order chi connectivity index (χ0) is 19.6. The van der Waals surface area contributed by atoms with Gasteiger partial charge >= 0.3 is 6.03 Å². The first-order valence-corrected chi connectivity index (χ1v) is 11.1. The fourth-order valence-corrected chi connectivity index (χ4v) is 6.11. The third-order valence-corrected chi connectivity index (χ3v) is 7.94. The SMILES string of the molecule is CC(C)CCN1C[C@H]2CCN(C(=O)Nc3ccc(F)cc3)CC[C@H]2S1(=O)=O. The van der Waals surface area contributed by atoms with Gasteiger partial charge in [-0.1, -0.05) is 13.8 Å². The number of carbonyl (C=O) groups excluding carboxylic acids is 1. The Morgan fingerprint density at radius 2 is 1.89 bits per heavy atom. The summed E-state index contributed by atoms with van der Waals surface area (Å²) in [4.78, 5) is 14.2. The molecule has 3 rings (SSSR count). The minimum Gasteiger partial charge on any atom is -0.324 e. The van der Waals surface area contributed by atoms with Crippen molar-refractivity contribution >= 4 is 21.7 Å². The quantitative estimate of drug-likeness (QED) is 0.849. The maximum absolute atomic E-state index is 13.0. The zero-order valence-electron chi connectivity index (χ0n) is 15.9. The molecule has 27 heavy (non-hydrogen) atoms. The number of fused-ring (bicyclic) bond motifs is 1. The topological polar surface area (TPSA) is 69.7 Å². The van der Waals surface area contributed by atoms with Crippen molar-refractivity contribution in [2.75, 3.05) is 31.5 Å². The number of benzene rings is 1. The second-order valence-electron chi connectivity index (χ2n) is 7.89. The van der Waals surface area contributed by atoms with E-state index >= 15 is 0 Å². The maximum Gasteiger partial charge on any atom is 0.321 e. The molecule has 2 aliphatic rings. The summed E-state index contributed by atoms with van der Waals surface area (Å²) >= 11 is 0. The lowest BCUT2D eigenvalue weighted by Gasteiger charge is -2.23. The van der Waals surface area contributed by atoms with Crippen LogP contribution in [-0.4, -0.2) is 55.1 Å². The number of nitrogens with one attached hydrogen (secondary N) is 1. The van der Waals surface area contributed by atoms with Gasteiger partial charge in [0.25, 0.3) is 0 Å². The van der Waals surface area contributed by atoms with Crippen molar-refractivity contribution in [3.05, 3.63) is 30.1 Å². The summed E-state index contributed by atoms with van der Waals surface area (Å²) < 4.78 is 40.4. The van der Waals surface area contributed by atoms with Crippen LogP contribution in [0.1, 0.15) is 33.1 Å². The molecule has 1 N–H and O–H groups in total. The number of likely N-dealkylation sites (tertiary alicyclic amines) is 1. The van der Waals surface area contributed by atoms with E-state index < -0.39 is 15.3 Å². The van der Waals surface area contributed by atoms with Crippen LogP contribution in [0.25, 0.3) is 0 Å². The molecule has 6 nitrogen and oxygen atoms in total. The summed E-state index contributed by atoms with van der Waals surface area (Å²) in [6.07, 6.45) is 2.01. The van der Waals surface area contributed by atoms with Crippen molar-refractivity contribution in [2.24, 2.45) is 11.8 Å². The molecule has 1 aromatic carbocycles. The lowest BCUT2D eigenvalue weighted by molar-refractivity contribution is 0.212. The number of carbonyl (C=O) groups is 1. The third-order valence-electron chi connectivity index (χ3n) is 5.50. The molecule has 0 unspecified atom stereocenters. The Morgan fingerprint density at radius 1 is 1.22 bits per heavy atom. The van der Waals surface area contributed by atoms with E-state index in [0.29, 0.717) is 50.6 Å². The van der Waals surface area contributed by atoms with Crippen molar-refractivity contribution in [3.8, 4) is 0 Å². The predicted octanol–water partition coefficient (Wildman–Crippen LogP) is 3.13. The van der Waals surface area contributed by atoms with E-state index in [2.05, 4.69) is 19.2 Å². The van der Waals surface area contributed by atoms with Gasteiger partial charge in [0.05, 0.1) is 5.25 Å². The number of hydrogen-bond donors (Lipinski definition) is 1. The molecule has 2 aliphatic heterocycles. The Morgan fingerprint density at radius 3 is 2.56 bits per heavy atom. The molecule has 8 heteroatoms. The van der Waals surface area contributed by atoms with Crippen LogP contribution in [0, 0.1) is 17.7 Å². The molecule has 2 amide bonds. The molecule has 150 valence electrons. The lowest BCUT2D eigenvalue weighted by Crippen LogP contribution is -2.37. The van der Waals surface area contributed by atoms with Gasteiger partial charge in [0.1, 0.15) is 5.82 Å². The fourth-order valence-electron chi connectivity index (χ4n) is 3.86. The number of urea groups is 1. The van der Waals surface area contributed by atoms with Crippen LogP contribution in [0.3, 0.4) is 0 Å². The Bertz CT molecular complexity index is 767. The summed E-state index contributed by atoms with van der Waals surface area (Å²) in [7, 11) is -3.29. The highest BCUT2D eigenvalue weighted by atomic mass is 32.2. The minimum atomic E-state index is -3.29. The van der Waals surface area contributed by atoms with Gasteiger partial charge in [-0.15, -0.1) is 0 Å². The van der Waals surface area contributed by atoms with Gasteiger partial charge in [-0.3, -0.25) is 0 Å². The van der Waals surface area contributed by atoms with Crippen molar-refractivity contribution in [3.63, 3.8) is 0 Å². The first-order chi connectivity index (χ1) is 12.8. The van der Waals surface area contributed by atoms with Gasteiger partial charge in [-0.05, 0) is 55.4 Å². The first kappa shape index (κ1) is 20.1. The number of hydrogen-bond acceptors (Lipinski definition) is 3. The highest BCUT2D eigenvalue weighted by Gasteiger charge is 2.46. The van der Waals surface area contributed by atoms with E-state index in [4.69, 9.17) is 0 Å². The highest BCUT2D eigenvalue weighted by molar-refractivity contribution is 7.90. The summed E-state index contributed by atoms with van der Waals surface area (Å²) in [6.45, 7) is 6.28. The molecule has 0 radical (unpaired) electrons. The fraction of sp³-hybridized carbons (Fsp3) is 0.632. The van der Waals surface area contributed by atoms with Gasteiger partial charge in [0.15, 0.2) is 0 Å². The molecule has 2 saturated heterocycles. The smallest absolute Gasteiger partial charge is 0.321 e. The number of sulfonamides is 1.